The van der Waals surface area contributed by atoms with Crippen molar-refractivity contribution in [3.63, 3.8) is 0 Å². The number of likely N-dealkylation sites (tertiary alicyclic amines) is 1. The number of oxime groups is 1. The topological polar surface area (TPSA) is 92.3 Å². The summed E-state index contributed by atoms with van der Waals surface area (Å²) in [5.74, 6) is -0.213. The molecule has 1 aromatic rings. The van der Waals surface area contributed by atoms with E-state index in [2.05, 4.69) is 15.8 Å². The molecule has 1 aromatic carbocycles. The summed E-state index contributed by atoms with van der Waals surface area (Å²) in [6.07, 6.45) is 3.17. The maximum atomic E-state index is 12.4. The number of amides is 3. The van der Waals surface area contributed by atoms with Crippen molar-refractivity contribution in [2.75, 3.05) is 31.6 Å². The molecule has 0 aliphatic carbocycles. The quantitative estimate of drug-likeness (QED) is 0.842. The van der Waals surface area contributed by atoms with E-state index in [1.165, 1.54) is 0 Å². The SMILES string of the molecule is O=C(NCC1CCCO1)C1=NOC2(CCN(C(=O)Nc3ccccc3)C2)C1. The predicted molar refractivity (Wildman–Crippen MR) is 99.5 cm³/mol. The molecule has 0 radical (unpaired) electrons. The molecular weight excluding hydrogens is 348 g/mol. The first kappa shape index (κ1) is 17.8. The molecular formula is C19H24N4O4. The van der Waals surface area contributed by atoms with Gasteiger partial charge >= 0.3 is 6.03 Å². The summed E-state index contributed by atoms with van der Waals surface area (Å²) in [6.45, 7) is 2.24. The Kier molecular flexibility index (Phi) is 4.98. The number of nitrogens with zero attached hydrogens (tertiary/aromatic N) is 2. The Bertz CT molecular complexity index is 732. The number of hydrogen-bond donors (Lipinski definition) is 2. The Morgan fingerprint density at radius 1 is 1.30 bits per heavy atom. The van der Waals surface area contributed by atoms with Gasteiger partial charge < -0.3 is 25.1 Å². The van der Waals surface area contributed by atoms with E-state index in [0.717, 1.165) is 25.1 Å². The minimum absolute atomic E-state index is 0.0921. The van der Waals surface area contributed by atoms with Gasteiger partial charge in [0.05, 0.1) is 12.6 Å². The number of urea groups is 1. The number of hydrogen-bond acceptors (Lipinski definition) is 5. The molecule has 144 valence electrons. The van der Waals surface area contributed by atoms with Gasteiger partial charge in [-0.1, -0.05) is 23.4 Å². The number of carbonyl (C=O) groups excluding carboxylic acids is 2. The first-order valence-corrected chi connectivity index (χ1v) is 9.39. The van der Waals surface area contributed by atoms with Crippen LogP contribution >= 0.6 is 0 Å². The molecule has 0 bridgehead atoms. The van der Waals surface area contributed by atoms with Crippen molar-refractivity contribution in [2.24, 2.45) is 5.16 Å². The second-order valence-corrected chi connectivity index (χ2v) is 7.30. The summed E-state index contributed by atoms with van der Waals surface area (Å²) in [5.41, 5.74) is 0.546. The highest BCUT2D eigenvalue weighted by Gasteiger charge is 2.48. The first-order chi connectivity index (χ1) is 13.1. The van der Waals surface area contributed by atoms with Gasteiger partial charge in [0, 0.05) is 38.2 Å². The monoisotopic (exact) mass is 372 g/mol. The van der Waals surface area contributed by atoms with Crippen LogP contribution in [-0.4, -0.2) is 60.5 Å². The molecule has 1 spiro atoms. The number of rotatable bonds is 4. The molecule has 2 saturated heterocycles. The fraction of sp³-hybridized carbons (Fsp3) is 0.526. The van der Waals surface area contributed by atoms with Gasteiger partial charge in [0.1, 0.15) is 5.71 Å². The van der Waals surface area contributed by atoms with Crippen molar-refractivity contribution in [3.05, 3.63) is 30.3 Å². The molecule has 3 heterocycles. The van der Waals surface area contributed by atoms with Crippen molar-refractivity contribution < 1.29 is 19.2 Å². The van der Waals surface area contributed by atoms with E-state index in [9.17, 15) is 9.59 Å². The summed E-state index contributed by atoms with van der Waals surface area (Å²) in [6, 6.07) is 9.16. The zero-order valence-corrected chi connectivity index (χ0v) is 15.1. The molecule has 8 heteroatoms. The lowest BCUT2D eigenvalue weighted by atomic mass is 9.96. The van der Waals surface area contributed by atoms with Gasteiger partial charge in [-0.2, -0.15) is 0 Å². The van der Waals surface area contributed by atoms with E-state index in [1.807, 2.05) is 30.3 Å². The van der Waals surface area contributed by atoms with Crippen LogP contribution in [0.2, 0.25) is 0 Å². The molecule has 27 heavy (non-hydrogen) atoms. The molecule has 2 unspecified atom stereocenters. The van der Waals surface area contributed by atoms with Crippen LogP contribution in [0.4, 0.5) is 10.5 Å². The fourth-order valence-corrected chi connectivity index (χ4v) is 3.72. The third kappa shape index (κ3) is 4.05. The van der Waals surface area contributed by atoms with Gasteiger partial charge in [-0.15, -0.1) is 0 Å². The van der Waals surface area contributed by atoms with Gasteiger partial charge in [0.25, 0.3) is 5.91 Å². The molecule has 2 fully saturated rings. The van der Waals surface area contributed by atoms with Gasteiger partial charge in [-0.05, 0) is 25.0 Å². The number of carbonyl (C=O) groups is 2. The standard InChI is InChI=1S/C19H24N4O4/c24-17(20-12-15-7-4-10-26-15)16-11-19(27-22-16)8-9-23(13-19)18(25)21-14-5-2-1-3-6-14/h1-3,5-6,15H,4,7-13H2,(H,20,24)(H,21,25). The first-order valence-electron chi connectivity index (χ1n) is 9.39. The summed E-state index contributed by atoms with van der Waals surface area (Å²) >= 11 is 0. The van der Waals surface area contributed by atoms with Crippen LogP contribution < -0.4 is 10.6 Å². The third-order valence-corrected chi connectivity index (χ3v) is 5.24. The minimum Gasteiger partial charge on any atom is -0.386 e. The summed E-state index contributed by atoms with van der Waals surface area (Å²) in [4.78, 5) is 32.1. The van der Waals surface area contributed by atoms with Crippen LogP contribution in [0, 0.1) is 0 Å². The van der Waals surface area contributed by atoms with Crippen molar-refractivity contribution in [2.45, 2.75) is 37.4 Å². The number of benzene rings is 1. The molecule has 8 nitrogen and oxygen atoms in total. The summed E-state index contributed by atoms with van der Waals surface area (Å²) in [7, 11) is 0. The lowest BCUT2D eigenvalue weighted by Gasteiger charge is -2.22. The Labute approximate surface area is 157 Å². The molecule has 4 rings (SSSR count). The molecule has 0 saturated carbocycles. The number of para-hydroxylation sites is 1. The third-order valence-electron chi connectivity index (χ3n) is 5.24. The number of ether oxygens (including phenoxy) is 1. The molecule has 3 aliphatic heterocycles. The zero-order chi connectivity index (χ0) is 18.7. The zero-order valence-electron chi connectivity index (χ0n) is 15.1. The van der Waals surface area contributed by atoms with Crippen LogP contribution in [-0.2, 0) is 14.4 Å². The van der Waals surface area contributed by atoms with Gasteiger partial charge in [-0.3, -0.25) is 4.79 Å². The van der Waals surface area contributed by atoms with Crippen LogP contribution in [0.1, 0.15) is 25.7 Å². The predicted octanol–water partition coefficient (Wildman–Crippen LogP) is 1.73. The Hall–Kier alpha value is -2.61. The van der Waals surface area contributed by atoms with Crippen molar-refractivity contribution in [3.8, 4) is 0 Å². The average molecular weight is 372 g/mol. The molecule has 0 aromatic heterocycles. The second-order valence-electron chi connectivity index (χ2n) is 7.30. The van der Waals surface area contributed by atoms with E-state index in [-0.39, 0.29) is 18.0 Å². The largest absolute Gasteiger partial charge is 0.386 e. The van der Waals surface area contributed by atoms with Gasteiger partial charge in [0.2, 0.25) is 0 Å². The van der Waals surface area contributed by atoms with Crippen molar-refractivity contribution in [1.82, 2.24) is 10.2 Å². The number of anilines is 1. The van der Waals surface area contributed by atoms with Crippen LogP contribution in [0.3, 0.4) is 0 Å². The average Bonchev–Trinajstić information content (AvgIpc) is 3.43. The van der Waals surface area contributed by atoms with Crippen LogP contribution in [0.25, 0.3) is 0 Å². The molecule has 2 N–H and O–H groups in total. The number of nitrogens with one attached hydrogen (secondary N) is 2. The normalized spacial score (nSPS) is 26.7. The highest BCUT2D eigenvalue weighted by atomic mass is 16.7. The maximum absolute atomic E-state index is 12.4. The van der Waals surface area contributed by atoms with E-state index in [1.54, 1.807) is 4.90 Å². The van der Waals surface area contributed by atoms with Gasteiger partial charge in [-0.25, -0.2) is 4.79 Å². The highest BCUT2D eigenvalue weighted by molar-refractivity contribution is 6.39. The van der Waals surface area contributed by atoms with Crippen LogP contribution in [0.15, 0.2) is 35.5 Å². The Morgan fingerprint density at radius 3 is 2.93 bits per heavy atom. The van der Waals surface area contributed by atoms with Gasteiger partial charge in [0.15, 0.2) is 5.60 Å². The van der Waals surface area contributed by atoms with E-state index < -0.39 is 5.60 Å². The van der Waals surface area contributed by atoms with Crippen LogP contribution in [0.5, 0.6) is 0 Å². The van der Waals surface area contributed by atoms with E-state index >= 15 is 0 Å². The van der Waals surface area contributed by atoms with Crippen molar-refractivity contribution >= 4 is 23.3 Å². The van der Waals surface area contributed by atoms with E-state index in [4.69, 9.17) is 9.57 Å². The molecule has 2 atom stereocenters. The lowest BCUT2D eigenvalue weighted by molar-refractivity contribution is -0.115. The van der Waals surface area contributed by atoms with E-state index in [0.29, 0.717) is 38.2 Å². The Morgan fingerprint density at radius 2 is 2.15 bits per heavy atom. The second kappa shape index (κ2) is 7.56. The lowest BCUT2D eigenvalue weighted by Crippen LogP contribution is -2.40. The summed E-state index contributed by atoms with van der Waals surface area (Å²) < 4.78 is 5.51. The molecule has 3 aliphatic rings. The summed E-state index contributed by atoms with van der Waals surface area (Å²) in [5, 5.41) is 9.75. The smallest absolute Gasteiger partial charge is 0.321 e. The fourth-order valence-electron chi connectivity index (χ4n) is 3.72. The van der Waals surface area contributed by atoms with Crippen molar-refractivity contribution in [1.29, 1.82) is 0 Å². The molecule has 3 amide bonds. The minimum atomic E-state index is -0.593. The maximum Gasteiger partial charge on any atom is 0.321 e. The highest BCUT2D eigenvalue weighted by Crippen LogP contribution is 2.34. The Balaban J connectivity index is 1.27.